The predicted molar refractivity (Wildman–Crippen MR) is 131 cm³/mol. The molecule has 1 aliphatic rings. The molecular weight excluding hydrogens is 408 g/mol. The van der Waals surface area contributed by atoms with E-state index in [0.717, 1.165) is 53.1 Å². The highest BCUT2D eigenvalue weighted by molar-refractivity contribution is 5.99. The molecule has 162 valence electrons. The highest BCUT2D eigenvalue weighted by atomic mass is 15.1. The van der Waals surface area contributed by atoms with Gasteiger partial charge in [0.2, 0.25) is 0 Å². The van der Waals surface area contributed by atoms with Gasteiger partial charge in [-0.2, -0.15) is 0 Å². The summed E-state index contributed by atoms with van der Waals surface area (Å²) in [6, 6.07) is 15.1. The van der Waals surface area contributed by atoms with Crippen molar-refractivity contribution >= 4 is 22.4 Å². The van der Waals surface area contributed by atoms with E-state index in [9.17, 15) is 0 Å². The second-order valence-electron chi connectivity index (χ2n) is 8.68. The van der Waals surface area contributed by atoms with Crippen molar-refractivity contribution in [3.63, 3.8) is 0 Å². The molecule has 2 aromatic carbocycles. The summed E-state index contributed by atoms with van der Waals surface area (Å²) < 4.78 is 2.24. The zero-order chi connectivity index (χ0) is 22.8. The highest BCUT2D eigenvalue weighted by Gasteiger charge is 2.21. The first-order chi connectivity index (χ1) is 16.2. The van der Waals surface area contributed by atoms with Gasteiger partial charge < -0.3 is 9.47 Å². The molecule has 0 amide bonds. The fraction of sp³-hybridized carbons (Fsp3) is 0.259. The van der Waals surface area contributed by atoms with E-state index in [2.05, 4.69) is 26.2 Å². The fourth-order valence-corrected chi connectivity index (χ4v) is 4.58. The third-order valence-electron chi connectivity index (χ3n) is 6.52. The minimum absolute atomic E-state index is 0.602. The Balaban J connectivity index is 1.62. The number of hydrogen-bond acceptors (Lipinski definition) is 3. The first-order valence-electron chi connectivity index (χ1n) is 11.1. The average molecular weight is 433 g/mol. The first kappa shape index (κ1) is 20.9. The summed E-state index contributed by atoms with van der Waals surface area (Å²) in [6.45, 7) is 17.7. The SMILES string of the molecule is [C-]#[N+]c1ccc(-c2ncc3c(ncn3CC3CCN(C)CC3)c2-c2ccc([N+]#[C-])cc2)cc1. The molecule has 0 spiro atoms. The van der Waals surface area contributed by atoms with Gasteiger partial charge in [-0.15, -0.1) is 0 Å². The Morgan fingerprint density at radius 1 is 0.879 bits per heavy atom. The molecule has 1 aliphatic heterocycles. The Kier molecular flexibility index (Phi) is 5.60. The van der Waals surface area contributed by atoms with Crippen LogP contribution >= 0.6 is 0 Å². The Morgan fingerprint density at radius 2 is 1.48 bits per heavy atom. The third kappa shape index (κ3) is 4.09. The fourth-order valence-electron chi connectivity index (χ4n) is 4.58. The lowest BCUT2D eigenvalue weighted by Crippen LogP contribution is -2.31. The van der Waals surface area contributed by atoms with Crippen molar-refractivity contribution in [2.75, 3.05) is 20.1 Å². The summed E-state index contributed by atoms with van der Waals surface area (Å²) in [4.78, 5) is 19.1. The van der Waals surface area contributed by atoms with E-state index in [1.54, 1.807) is 0 Å². The second kappa shape index (κ2) is 8.86. The predicted octanol–water partition coefficient (Wildman–Crippen LogP) is 6.21. The highest BCUT2D eigenvalue weighted by Crippen LogP contribution is 2.37. The number of nitrogens with zero attached hydrogens (tertiary/aromatic N) is 6. The van der Waals surface area contributed by atoms with Crippen LogP contribution in [0.3, 0.4) is 0 Å². The lowest BCUT2D eigenvalue weighted by atomic mass is 9.96. The van der Waals surface area contributed by atoms with Crippen LogP contribution in [0.5, 0.6) is 0 Å². The van der Waals surface area contributed by atoms with Crippen LogP contribution in [0.25, 0.3) is 43.1 Å². The maximum absolute atomic E-state index is 7.27. The summed E-state index contributed by atoms with van der Waals surface area (Å²) in [5, 5.41) is 0. The Morgan fingerprint density at radius 3 is 2.09 bits per heavy atom. The second-order valence-corrected chi connectivity index (χ2v) is 8.68. The van der Waals surface area contributed by atoms with Gasteiger partial charge in [-0.1, -0.05) is 48.5 Å². The van der Waals surface area contributed by atoms with Gasteiger partial charge in [0.15, 0.2) is 11.4 Å². The van der Waals surface area contributed by atoms with E-state index in [1.807, 2.05) is 61.1 Å². The molecule has 6 nitrogen and oxygen atoms in total. The Bertz CT molecular complexity index is 1360. The molecule has 0 unspecified atom stereocenters. The number of pyridine rings is 1. The summed E-state index contributed by atoms with van der Waals surface area (Å²) in [5.41, 5.74) is 6.87. The number of imidazole rings is 1. The molecule has 0 bridgehead atoms. The number of benzene rings is 2. The van der Waals surface area contributed by atoms with E-state index in [-0.39, 0.29) is 0 Å². The summed E-state index contributed by atoms with van der Waals surface area (Å²) in [6.07, 6.45) is 6.25. The number of rotatable bonds is 4. The molecule has 0 N–H and O–H groups in total. The molecule has 33 heavy (non-hydrogen) atoms. The van der Waals surface area contributed by atoms with Gasteiger partial charge in [0.1, 0.15) is 5.52 Å². The molecule has 0 aliphatic carbocycles. The zero-order valence-corrected chi connectivity index (χ0v) is 18.6. The minimum Gasteiger partial charge on any atom is -0.329 e. The topological polar surface area (TPSA) is 42.7 Å². The number of hydrogen-bond donors (Lipinski definition) is 0. The molecule has 0 radical (unpaired) electrons. The number of fused-ring (bicyclic) bond motifs is 1. The van der Waals surface area contributed by atoms with Gasteiger partial charge in [-0.3, -0.25) is 4.98 Å². The standard InChI is InChI=1S/C27H24N6/c1-28-22-8-4-20(5-9-22)25-26(21-6-10-23(29-2)11-7-21)30-16-24-27(25)31-18-33(24)17-19-12-14-32(3)15-13-19/h4-11,16,18-19H,12-15,17H2,3H3. The average Bonchev–Trinajstić information content (AvgIpc) is 3.27. The van der Waals surface area contributed by atoms with Crippen molar-refractivity contribution in [3.8, 4) is 22.4 Å². The monoisotopic (exact) mass is 432 g/mol. The summed E-state index contributed by atoms with van der Waals surface area (Å²) in [5.74, 6) is 0.640. The molecule has 6 heteroatoms. The Hall–Kier alpha value is -4.00. The van der Waals surface area contributed by atoms with Crippen molar-refractivity contribution in [1.82, 2.24) is 19.4 Å². The van der Waals surface area contributed by atoms with Gasteiger partial charge in [-0.25, -0.2) is 14.7 Å². The first-order valence-corrected chi connectivity index (χ1v) is 11.1. The van der Waals surface area contributed by atoms with Gasteiger partial charge >= 0.3 is 0 Å². The van der Waals surface area contributed by atoms with E-state index in [1.165, 1.54) is 12.8 Å². The van der Waals surface area contributed by atoms with Gasteiger partial charge in [-0.05, 0) is 50.0 Å². The lowest BCUT2D eigenvalue weighted by Gasteiger charge is -2.29. The van der Waals surface area contributed by atoms with Crippen LogP contribution in [0.1, 0.15) is 12.8 Å². The van der Waals surface area contributed by atoms with Crippen molar-refractivity contribution < 1.29 is 0 Å². The number of aromatic nitrogens is 3. The lowest BCUT2D eigenvalue weighted by molar-refractivity contribution is 0.206. The molecular formula is C27H24N6. The van der Waals surface area contributed by atoms with Crippen LogP contribution in [-0.4, -0.2) is 39.6 Å². The van der Waals surface area contributed by atoms with Crippen LogP contribution in [0.2, 0.25) is 0 Å². The van der Waals surface area contributed by atoms with Crippen molar-refractivity contribution in [1.29, 1.82) is 0 Å². The normalized spacial score (nSPS) is 14.8. The van der Waals surface area contributed by atoms with Crippen LogP contribution in [0.15, 0.2) is 61.1 Å². The quantitative estimate of drug-likeness (QED) is 0.360. The van der Waals surface area contributed by atoms with E-state index in [0.29, 0.717) is 17.3 Å². The number of piperidine rings is 1. The largest absolute Gasteiger partial charge is 0.329 e. The van der Waals surface area contributed by atoms with Crippen LogP contribution in [0.4, 0.5) is 11.4 Å². The van der Waals surface area contributed by atoms with Gasteiger partial charge in [0.25, 0.3) is 0 Å². The minimum atomic E-state index is 0.602. The zero-order valence-electron chi connectivity index (χ0n) is 18.6. The Labute approximate surface area is 193 Å². The molecule has 0 atom stereocenters. The smallest absolute Gasteiger partial charge is 0.187 e. The molecule has 1 saturated heterocycles. The van der Waals surface area contributed by atoms with Crippen molar-refractivity contribution in [3.05, 3.63) is 83.9 Å². The van der Waals surface area contributed by atoms with Crippen molar-refractivity contribution in [2.45, 2.75) is 19.4 Å². The maximum Gasteiger partial charge on any atom is 0.187 e. The van der Waals surface area contributed by atoms with E-state index < -0.39 is 0 Å². The molecule has 0 saturated carbocycles. The molecule has 4 aromatic rings. The third-order valence-corrected chi connectivity index (χ3v) is 6.52. The molecule has 5 rings (SSSR count). The van der Waals surface area contributed by atoms with Crippen LogP contribution < -0.4 is 0 Å². The summed E-state index contributed by atoms with van der Waals surface area (Å²) >= 11 is 0. The maximum atomic E-state index is 7.27. The molecule has 2 aromatic heterocycles. The van der Waals surface area contributed by atoms with Gasteiger partial charge in [0.05, 0.1) is 36.9 Å². The molecule has 1 fully saturated rings. The van der Waals surface area contributed by atoms with Crippen LogP contribution in [0, 0.1) is 19.1 Å². The molecule has 3 heterocycles. The summed E-state index contributed by atoms with van der Waals surface area (Å²) in [7, 11) is 2.19. The van der Waals surface area contributed by atoms with Crippen molar-refractivity contribution in [2.24, 2.45) is 5.92 Å². The van der Waals surface area contributed by atoms with E-state index >= 15 is 0 Å². The van der Waals surface area contributed by atoms with Gasteiger partial charge in [0, 0.05) is 12.1 Å². The van der Waals surface area contributed by atoms with E-state index in [4.69, 9.17) is 23.1 Å². The number of likely N-dealkylation sites (tertiary alicyclic amines) is 1. The van der Waals surface area contributed by atoms with Crippen LogP contribution in [-0.2, 0) is 6.54 Å².